The lowest BCUT2D eigenvalue weighted by Gasteiger charge is -2.24. The van der Waals surface area contributed by atoms with Crippen molar-refractivity contribution in [3.05, 3.63) is 53.1 Å². The van der Waals surface area contributed by atoms with E-state index in [1.165, 1.54) is 5.56 Å². The number of aryl methyl sites for hydroxylation is 2. The summed E-state index contributed by atoms with van der Waals surface area (Å²) in [5, 5.41) is 9.62. The van der Waals surface area contributed by atoms with Crippen LogP contribution < -0.4 is 14.2 Å². The molecule has 1 aliphatic carbocycles. The van der Waals surface area contributed by atoms with E-state index in [0.29, 0.717) is 38.0 Å². The summed E-state index contributed by atoms with van der Waals surface area (Å²) in [5.74, 6) is 1.72. The van der Waals surface area contributed by atoms with Gasteiger partial charge in [0.05, 0.1) is 19.1 Å². The van der Waals surface area contributed by atoms with E-state index >= 15 is 0 Å². The van der Waals surface area contributed by atoms with Crippen LogP contribution in [-0.2, 0) is 17.8 Å². The Hall–Kier alpha value is -2.53. The molecular weight excluding hydrogens is 392 g/mol. The van der Waals surface area contributed by atoms with E-state index in [-0.39, 0.29) is 18.0 Å². The molecule has 0 aromatic heterocycles. The Bertz CT molecular complexity index is 868. The van der Waals surface area contributed by atoms with Gasteiger partial charge in [-0.1, -0.05) is 25.5 Å². The fourth-order valence-electron chi connectivity index (χ4n) is 3.95. The lowest BCUT2D eigenvalue weighted by molar-refractivity contribution is -0.140. The number of aliphatic hydroxyl groups excluding tert-OH is 1. The first-order chi connectivity index (χ1) is 15.0. The molecule has 0 amide bonds. The predicted molar refractivity (Wildman–Crippen MR) is 121 cm³/mol. The Morgan fingerprint density at radius 3 is 2.39 bits per heavy atom. The Kier molecular flexibility index (Phi) is 8.35. The maximum atomic E-state index is 12.5. The van der Waals surface area contributed by atoms with E-state index in [1.807, 2.05) is 31.2 Å². The highest BCUT2D eigenvalue weighted by Crippen LogP contribution is 2.31. The third kappa shape index (κ3) is 6.47. The van der Waals surface area contributed by atoms with Gasteiger partial charge in [-0.25, -0.2) is 0 Å². The standard InChI is InChI=1S/C26H34O5/c1-4-5-6-19-7-14-24(29-3)25(16-19)30-17-20-8-13-23(18(2)15-20)31-26(28)21-9-11-22(27)12-10-21/h7-8,13-16,21-22,27H,4-6,9-12,17H2,1-3H3. The fraction of sp³-hybridized carbons (Fsp3) is 0.500. The quantitative estimate of drug-likeness (QED) is 0.431. The van der Waals surface area contributed by atoms with Crippen LogP contribution in [0.25, 0.3) is 0 Å². The summed E-state index contributed by atoms with van der Waals surface area (Å²) in [6.07, 6.45) is 5.74. The van der Waals surface area contributed by atoms with Crippen molar-refractivity contribution >= 4 is 5.97 Å². The average Bonchev–Trinajstić information content (AvgIpc) is 2.78. The molecule has 31 heavy (non-hydrogen) atoms. The molecule has 2 aromatic rings. The largest absolute Gasteiger partial charge is 0.493 e. The number of rotatable bonds is 9. The van der Waals surface area contributed by atoms with Gasteiger partial charge in [-0.15, -0.1) is 0 Å². The first kappa shape index (κ1) is 23.1. The Labute approximate surface area is 185 Å². The topological polar surface area (TPSA) is 65.0 Å². The van der Waals surface area contributed by atoms with E-state index in [1.54, 1.807) is 7.11 Å². The Morgan fingerprint density at radius 1 is 1.00 bits per heavy atom. The van der Waals surface area contributed by atoms with Gasteiger partial charge >= 0.3 is 5.97 Å². The van der Waals surface area contributed by atoms with E-state index in [4.69, 9.17) is 14.2 Å². The molecule has 0 aliphatic heterocycles. The first-order valence-electron chi connectivity index (χ1n) is 11.3. The molecule has 3 rings (SSSR count). The zero-order valence-corrected chi connectivity index (χ0v) is 18.9. The second-order valence-electron chi connectivity index (χ2n) is 8.40. The van der Waals surface area contributed by atoms with E-state index in [2.05, 4.69) is 19.1 Å². The van der Waals surface area contributed by atoms with Crippen LogP contribution in [0, 0.1) is 12.8 Å². The first-order valence-corrected chi connectivity index (χ1v) is 11.3. The summed E-state index contributed by atoms with van der Waals surface area (Å²) >= 11 is 0. The van der Waals surface area contributed by atoms with Crippen molar-refractivity contribution in [1.29, 1.82) is 0 Å². The number of hydrogen-bond acceptors (Lipinski definition) is 5. The van der Waals surface area contributed by atoms with Crippen LogP contribution in [0.3, 0.4) is 0 Å². The fourth-order valence-corrected chi connectivity index (χ4v) is 3.95. The van der Waals surface area contributed by atoms with Gasteiger partial charge in [-0.2, -0.15) is 0 Å². The SMILES string of the molecule is CCCCc1ccc(OC)c(OCc2ccc(OC(=O)C3CCC(O)CC3)c(C)c2)c1. The summed E-state index contributed by atoms with van der Waals surface area (Å²) < 4.78 is 17.2. The highest BCUT2D eigenvalue weighted by Gasteiger charge is 2.27. The van der Waals surface area contributed by atoms with Gasteiger partial charge < -0.3 is 19.3 Å². The second kappa shape index (κ2) is 11.2. The summed E-state index contributed by atoms with van der Waals surface area (Å²) in [6, 6.07) is 11.8. The van der Waals surface area contributed by atoms with Crippen molar-refractivity contribution in [2.24, 2.45) is 5.92 Å². The van der Waals surface area contributed by atoms with Crippen LogP contribution >= 0.6 is 0 Å². The van der Waals surface area contributed by atoms with Crippen molar-refractivity contribution in [2.75, 3.05) is 7.11 Å². The zero-order valence-electron chi connectivity index (χ0n) is 18.9. The summed E-state index contributed by atoms with van der Waals surface area (Å²) in [5.41, 5.74) is 3.14. The third-order valence-corrected chi connectivity index (χ3v) is 5.92. The van der Waals surface area contributed by atoms with Crippen molar-refractivity contribution in [3.8, 4) is 17.2 Å². The van der Waals surface area contributed by atoms with Gasteiger partial charge in [0.15, 0.2) is 11.5 Å². The summed E-state index contributed by atoms with van der Waals surface area (Å²) in [7, 11) is 1.65. The van der Waals surface area contributed by atoms with Gasteiger partial charge in [0.25, 0.3) is 0 Å². The number of hydrogen-bond donors (Lipinski definition) is 1. The minimum atomic E-state index is -0.281. The monoisotopic (exact) mass is 426 g/mol. The molecule has 1 aliphatic rings. The molecule has 1 saturated carbocycles. The lowest BCUT2D eigenvalue weighted by Crippen LogP contribution is -2.27. The number of aliphatic hydroxyl groups is 1. The molecule has 2 aromatic carbocycles. The number of unbranched alkanes of at least 4 members (excludes halogenated alkanes) is 1. The molecule has 0 heterocycles. The highest BCUT2D eigenvalue weighted by molar-refractivity contribution is 5.75. The number of ether oxygens (including phenoxy) is 3. The van der Waals surface area contributed by atoms with Crippen LogP contribution in [0.15, 0.2) is 36.4 Å². The van der Waals surface area contributed by atoms with Crippen molar-refractivity contribution in [1.82, 2.24) is 0 Å². The molecular formula is C26H34O5. The number of carbonyl (C=O) groups excluding carboxylic acids is 1. The van der Waals surface area contributed by atoms with Crippen molar-refractivity contribution in [2.45, 2.75) is 71.5 Å². The molecule has 0 unspecified atom stereocenters. The number of carbonyl (C=O) groups is 1. The molecule has 0 atom stereocenters. The minimum Gasteiger partial charge on any atom is -0.493 e. The average molecular weight is 427 g/mol. The van der Waals surface area contributed by atoms with Crippen molar-refractivity contribution in [3.63, 3.8) is 0 Å². The zero-order chi connectivity index (χ0) is 22.2. The van der Waals surface area contributed by atoms with Crippen LogP contribution in [0.1, 0.15) is 62.1 Å². The van der Waals surface area contributed by atoms with E-state index in [9.17, 15) is 9.90 Å². The molecule has 1 fully saturated rings. The Balaban J connectivity index is 1.61. The van der Waals surface area contributed by atoms with Crippen molar-refractivity contribution < 1.29 is 24.1 Å². The van der Waals surface area contributed by atoms with Gasteiger partial charge in [0, 0.05) is 0 Å². The number of benzene rings is 2. The van der Waals surface area contributed by atoms with Crippen LogP contribution in [0.4, 0.5) is 0 Å². The molecule has 0 saturated heterocycles. The number of esters is 1. The smallest absolute Gasteiger partial charge is 0.314 e. The molecule has 5 nitrogen and oxygen atoms in total. The Morgan fingerprint density at radius 2 is 1.71 bits per heavy atom. The van der Waals surface area contributed by atoms with Gasteiger partial charge in [-0.05, 0) is 86.4 Å². The minimum absolute atomic E-state index is 0.127. The maximum Gasteiger partial charge on any atom is 0.314 e. The lowest BCUT2D eigenvalue weighted by atomic mass is 9.87. The molecule has 0 bridgehead atoms. The normalized spacial score (nSPS) is 18.5. The predicted octanol–water partition coefficient (Wildman–Crippen LogP) is 5.38. The molecule has 1 N–H and O–H groups in total. The van der Waals surface area contributed by atoms with E-state index in [0.717, 1.165) is 41.9 Å². The van der Waals surface area contributed by atoms with Gasteiger partial charge in [0.2, 0.25) is 0 Å². The van der Waals surface area contributed by atoms with Crippen LogP contribution in [0.2, 0.25) is 0 Å². The number of methoxy groups -OCH3 is 1. The summed E-state index contributed by atoms with van der Waals surface area (Å²) in [6.45, 7) is 4.52. The molecule has 5 heteroatoms. The molecule has 0 radical (unpaired) electrons. The van der Waals surface area contributed by atoms with Gasteiger partial charge in [0.1, 0.15) is 12.4 Å². The van der Waals surface area contributed by atoms with Gasteiger partial charge in [-0.3, -0.25) is 4.79 Å². The highest BCUT2D eigenvalue weighted by atomic mass is 16.5. The molecule has 168 valence electrons. The summed E-state index contributed by atoms with van der Waals surface area (Å²) in [4.78, 5) is 12.5. The van der Waals surface area contributed by atoms with Crippen LogP contribution in [0.5, 0.6) is 17.2 Å². The third-order valence-electron chi connectivity index (χ3n) is 5.92. The molecule has 0 spiro atoms. The van der Waals surface area contributed by atoms with Crippen LogP contribution in [-0.4, -0.2) is 24.3 Å². The second-order valence-corrected chi connectivity index (χ2v) is 8.40. The van der Waals surface area contributed by atoms with E-state index < -0.39 is 0 Å². The maximum absolute atomic E-state index is 12.5.